The Morgan fingerprint density at radius 2 is 2.00 bits per heavy atom. The van der Waals surface area contributed by atoms with Crippen LogP contribution in [0.3, 0.4) is 0 Å². The van der Waals surface area contributed by atoms with Gasteiger partial charge >= 0.3 is 5.91 Å². The lowest BCUT2D eigenvalue weighted by atomic mass is 10.1. The molecule has 0 spiro atoms. The summed E-state index contributed by atoms with van der Waals surface area (Å²) in [7, 11) is 0. The number of nitrogens with zero attached hydrogens (tertiary/aromatic N) is 2. The molecule has 8 heteroatoms. The molecule has 0 radical (unpaired) electrons. The van der Waals surface area contributed by atoms with Crippen LogP contribution in [0, 0.1) is 18.8 Å². The van der Waals surface area contributed by atoms with E-state index in [-0.39, 0.29) is 11.8 Å². The molecule has 0 saturated carbocycles. The van der Waals surface area contributed by atoms with Gasteiger partial charge in [-0.2, -0.15) is 0 Å². The molecule has 2 aromatic carbocycles. The third-order valence-electron chi connectivity index (χ3n) is 3.73. The SMILES string of the molecule is Cc1ccc(NC(=O)C#Cc2ccc(-c3nnc([C@@H](O)CO)o3)cc2Cl)cc1. The van der Waals surface area contributed by atoms with Gasteiger partial charge < -0.3 is 19.9 Å². The second kappa shape index (κ2) is 8.67. The summed E-state index contributed by atoms with van der Waals surface area (Å²) in [6, 6.07) is 12.2. The van der Waals surface area contributed by atoms with Crippen LogP contribution in [0.2, 0.25) is 5.02 Å². The van der Waals surface area contributed by atoms with E-state index < -0.39 is 18.6 Å². The molecule has 3 rings (SSSR count). The van der Waals surface area contributed by atoms with Gasteiger partial charge in [-0.05, 0) is 37.3 Å². The topological polar surface area (TPSA) is 108 Å². The summed E-state index contributed by atoms with van der Waals surface area (Å²) in [5.41, 5.74) is 2.72. The summed E-state index contributed by atoms with van der Waals surface area (Å²) in [6.45, 7) is 1.43. The summed E-state index contributed by atoms with van der Waals surface area (Å²) in [6.07, 6.45) is -1.24. The van der Waals surface area contributed by atoms with Gasteiger partial charge in [-0.25, -0.2) is 0 Å². The Balaban J connectivity index is 1.72. The molecule has 3 N–H and O–H groups in total. The molecular weight excluding hydrogens is 382 g/mol. The minimum atomic E-state index is -1.24. The molecule has 142 valence electrons. The van der Waals surface area contributed by atoms with Crippen molar-refractivity contribution in [3.05, 3.63) is 64.5 Å². The number of carbonyl (C=O) groups excluding carboxylic acids is 1. The summed E-state index contributed by atoms with van der Waals surface area (Å²) < 4.78 is 5.30. The van der Waals surface area contributed by atoms with Crippen LogP contribution >= 0.6 is 11.6 Å². The van der Waals surface area contributed by atoms with Crippen LogP contribution in [0.5, 0.6) is 0 Å². The van der Waals surface area contributed by atoms with Gasteiger partial charge in [0, 0.05) is 22.7 Å². The van der Waals surface area contributed by atoms with Crippen molar-refractivity contribution < 1.29 is 19.4 Å². The first-order chi connectivity index (χ1) is 13.5. The standard InChI is InChI=1S/C20H16ClN3O4/c1-12-2-7-15(8-3-12)22-18(27)9-6-13-4-5-14(10-16(13)21)19-23-24-20(28-19)17(26)11-25/h2-5,7-8,10,17,25-26H,11H2,1H3,(H,22,27)/t17-/m0/s1. The Hall–Kier alpha value is -3.18. The minimum absolute atomic E-state index is 0.0923. The van der Waals surface area contributed by atoms with Crippen LogP contribution in [0.4, 0.5) is 5.69 Å². The number of carbonyl (C=O) groups is 1. The minimum Gasteiger partial charge on any atom is -0.418 e. The van der Waals surface area contributed by atoms with Crippen LogP contribution in [-0.2, 0) is 4.79 Å². The van der Waals surface area contributed by atoms with Crippen LogP contribution in [0.1, 0.15) is 23.1 Å². The van der Waals surface area contributed by atoms with Gasteiger partial charge in [-0.15, -0.1) is 10.2 Å². The van der Waals surface area contributed by atoms with Gasteiger partial charge in [0.1, 0.15) is 0 Å². The zero-order valence-corrected chi connectivity index (χ0v) is 15.6. The summed E-state index contributed by atoms with van der Waals surface area (Å²) >= 11 is 6.22. The predicted molar refractivity (Wildman–Crippen MR) is 103 cm³/mol. The van der Waals surface area contributed by atoms with Gasteiger partial charge in [0.25, 0.3) is 0 Å². The quantitative estimate of drug-likeness (QED) is 0.584. The van der Waals surface area contributed by atoms with Crippen LogP contribution in [-0.4, -0.2) is 32.9 Å². The van der Waals surface area contributed by atoms with Crippen molar-refractivity contribution in [2.24, 2.45) is 0 Å². The second-order valence-corrected chi connectivity index (χ2v) is 6.32. The third-order valence-corrected chi connectivity index (χ3v) is 4.05. The van der Waals surface area contributed by atoms with Crippen molar-refractivity contribution in [1.82, 2.24) is 10.2 Å². The van der Waals surface area contributed by atoms with Gasteiger partial charge in [-0.3, -0.25) is 4.79 Å². The first-order valence-corrected chi connectivity index (χ1v) is 8.66. The van der Waals surface area contributed by atoms with Gasteiger partial charge in [-0.1, -0.05) is 35.2 Å². The monoisotopic (exact) mass is 397 g/mol. The molecule has 0 unspecified atom stereocenters. The normalized spacial score (nSPS) is 11.4. The molecule has 0 saturated heterocycles. The van der Waals surface area contributed by atoms with Crippen LogP contribution in [0.25, 0.3) is 11.5 Å². The number of nitrogens with one attached hydrogen (secondary N) is 1. The number of halogens is 1. The van der Waals surface area contributed by atoms with Crippen molar-refractivity contribution in [3.63, 3.8) is 0 Å². The summed E-state index contributed by atoms with van der Waals surface area (Å²) in [5.74, 6) is 4.81. The van der Waals surface area contributed by atoms with Gasteiger partial charge in [0.05, 0.1) is 11.6 Å². The van der Waals surface area contributed by atoms with E-state index in [0.717, 1.165) is 5.56 Å². The second-order valence-electron chi connectivity index (χ2n) is 5.91. The highest BCUT2D eigenvalue weighted by Gasteiger charge is 2.16. The maximum Gasteiger partial charge on any atom is 0.300 e. The van der Waals surface area contributed by atoms with Crippen molar-refractivity contribution in [1.29, 1.82) is 0 Å². The van der Waals surface area contributed by atoms with Gasteiger partial charge in [0.15, 0.2) is 6.10 Å². The Labute approximate surface area is 166 Å². The molecule has 0 fully saturated rings. The summed E-state index contributed by atoms with van der Waals surface area (Å²) in [4.78, 5) is 12.0. The molecule has 0 aliphatic heterocycles. The number of benzene rings is 2. The van der Waals surface area contributed by atoms with E-state index in [1.807, 2.05) is 19.1 Å². The molecule has 0 aliphatic rings. The largest absolute Gasteiger partial charge is 0.418 e. The summed E-state index contributed by atoms with van der Waals surface area (Å²) in [5, 5.41) is 28.9. The fourth-order valence-corrected chi connectivity index (χ4v) is 2.46. The fourth-order valence-electron chi connectivity index (χ4n) is 2.24. The average molecular weight is 398 g/mol. The van der Waals surface area contributed by atoms with Crippen molar-refractivity contribution >= 4 is 23.2 Å². The lowest BCUT2D eigenvalue weighted by Crippen LogP contribution is -2.08. The maximum absolute atomic E-state index is 12.0. The number of hydrogen-bond acceptors (Lipinski definition) is 6. The Morgan fingerprint density at radius 1 is 1.25 bits per heavy atom. The van der Waals surface area contributed by atoms with E-state index in [0.29, 0.717) is 21.8 Å². The number of aliphatic hydroxyl groups excluding tert-OH is 2. The molecule has 1 heterocycles. The highest BCUT2D eigenvalue weighted by atomic mass is 35.5. The molecule has 1 amide bonds. The number of aromatic nitrogens is 2. The molecule has 1 aromatic heterocycles. The Morgan fingerprint density at radius 3 is 2.68 bits per heavy atom. The molecule has 0 bridgehead atoms. The third kappa shape index (κ3) is 4.75. The van der Waals surface area contributed by atoms with E-state index in [2.05, 4.69) is 27.4 Å². The van der Waals surface area contributed by atoms with E-state index in [1.54, 1.807) is 30.3 Å². The average Bonchev–Trinajstić information content (AvgIpc) is 3.18. The predicted octanol–water partition coefficient (Wildman–Crippen LogP) is 2.71. The maximum atomic E-state index is 12.0. The van der Waals surface area contributed by atoms with Crippen molar-refractivity contribution in [2.75, 3.05) is 11.9 Å². The molecule has 28 heavy (non-hydrogen) atoms. The van der Waals surface area contributed by atoms with Crippen molar-refractivity contribution in [2.45, 2.75) is 13.0 Å². The molecule has 1 atom stereocenters. The lowest BCUT2D eigenvalue weighted by molar-refractivity contribution is -0.111. The molecular formula is C20H16ClN3O4. The number of rotatable bonds is 4. The number of amides is 1. The molecule has 0 aliphatic carbocycles. The smallest absolute Gasteiger partial charge is 0.300 e. The molecule has 3 aromatic rings. The Kier molecular flexibility index (Phi) is 6.06. The number of aryl methyl sites for hydroxylation is 1. The first kappa shape index (κ1) is 19.6. The number of hydrogen-bond donors (Lipinski definition) is 3. The van der Waals surface area contributed by atoms with E-state index in [9.17, 15) is 9.90 Å². The molecule has 7 nitrogen and oxygen atoms in total. The first-order valence-electron chi connectivity index (χ1n) is 8.28. The fraction of sp³-hybridized carbons (Fsp3) is 0.150. The van der Waals surface area contributed by atoms with E-state index >= 15 is 0 Å². The van der Waals surface area contributed by atoms with Crippen LogP contribution < -0.4 is 5.32 Å². The van der Waals surface area contributed by atoms with Crippen LogP contribution in [0.15, 0.2) is 46.9 Å². The number of aliphatic hydroxyl groups is 2. The Bertz CT molecular complexity index is 1050. The highest BCUT2D eigenvalue weighted by Crippen LogP contribution is 2.25. The van der Waals surface area contributed by atoms with Gasteiger partial charge in [0.2, 0.25) is 11.8 Å². The van der Waals surface area contributed by atoms with E-state index in [4.69, 9.17) is 21.1 Å². The zero-order chi connectivity index (χ0) is 20.1. The van der Waals surface area contributed by atoms with E-state index in [1.165, 1.54) is 0 Å². The number of anilines is 1. The lowest BCUT2D eigenvalue weighted by Gasteiger charge is -2.01. The van der Waals surface area contributed by atoms with Crippen molar-refractivity contribution in [3.8, 4) is 23.3 Å². The zero-order valence-electron chi connectivity index (χ0n) is 14.8. The highest BCUT2D eigenvalue weighted by molar-refractivity contribution is 6.32.